The van der Waals surface area contributed by atoms with Crippen LogP contribution in [0.2, 0.25) is 0 Å². The molecule has 0 saturated carbocycles. The lowest BCUT2D eigenvalue weighted by Crippen LogP contribution is -2.19. The van der Waals surface area contributed by atoms with Crippen molar-refractivity contribution in [2.24, 2.45) is 5.10 Å². The summed E-state index contributed by atoms with van der Waals surface area (Å²) in [5.74, 6) is 1.00. The average Bonchev–Trinajstić information content (AvgIpc) is 3.23. The van der Waals surface area contributed by atoms with Gasteiger partial charge in [-0.3, -0.25) is 4.79 Å². The maximum Gasteiger partial charge on any atom is 0.273 e. The van der Waals surface area contributed by atoms with E-state index in [0.29, 0.717) is 23.7 Å². The van der Waals surface area contributed by atoms with Gasteiger partial charge in [0.15, 0.2) is 11.5 Å². The number of carbonyl (C=O) groups excluding carboxylic acids is 1. The molecule has 1 heterocycles. The SMILES string of the molecule is CCOc1cc(/C=N\NC(=O)c2ccccc2-n2cccc2)ccc1OC. The lowest BCUT2D eigenvalue weighted by atomic mass is 10.1. The summed E-state index contributed by atoms with van der Waals surface area (Å²) in [4.78, 5) is 12.5. The van der Waals surface area contributed by atoms with E-state index in [1.54, 1.807) is 25.5 Å². The van der Waals surface area contributed by atoms with Gasteiger partial charge in [-0.05, 0) is 55.0 Å². The van der Waals surface area contributed by atoms with E-state index in [1.807, 2.05) is 66.3 Å². The number of hydrazone groups is 1. The van der Waals surface area contributed by atoms with Gasteiger partial charge in [-0.2, -0.15) is 5.10 Å². The Bertz CT molecular complexity index is 934. The Balaban J connectivity index is 1.74. The van der Waals surface area contributed by atoms with E-state index < -0.39 is 0 Å². The molecule has 27 heavy (non-hydrogen) atoms. The Labute approximate surface area is 158 Å². The van der Waals surface area contributed by atoms with Crippen molar-refractivity contribution in [3.63, 3.8) is 0 Å². The van der Waals surface area contributed by atoms with Gasteiger partial charge in [0.2, 0.25) is 0 Å². The molecule has 138 valence electrons. The first-order valence-electron chi connectivity index (χ1n) is 8.59. The smallest absolute Gasteiger partial charge is 0.273 e. The van der Waals surface area contributed by atoms with Gasteiger partial charge in [-0.1, -0.05) is 12.1 Å². The van der Waals surface area contributed by atoms with Crippen molar-refractivity contribution in [3.8, 4) is 17.2 Å². The zero-order valence-corrected chi connectivity index (χ0v) is 15.3. The van der Waals surface area contributed by atoms with Gasteiger partial charge < -0.3 is 14.0 Å². The normalized spacial score (nSPS) is 10.7. The topological polar surface area (TPSA) is 64.8 Å². The van der Waals surface area contributed by atoms with Crippen LogP contribution in [-0.2, 0) is 0 Å². The first-order chi connectivity index (χ1) is 13.2. The van der Waals surface area contributed by atoms with E-state index >= 15 is 0 Å². The molecule has 1 N–H and O–H groups in total. The first kappa shape index (κ1) is 18.3. The second-order valence-electron chi connectivity index (χ2n) is 5.65. The molecule has 0 aliphatic carbocycles. The van der Waals surface area contributed by atoms with Crippen LogP contribution in [-0.4, -0.2) is 30.4 Å². The fourth-order valence-electron chi connectivity index (χ4n) is 2.65. The molecule has 1 amide bonds. The zero-order chi connectivity index (χ0) is 19.1. The Hall–Kier alpha value is -3.54. The minimum Gasteiger partial charge on any atom is -0.493 e. The highest BCUT2D eigenvalue weighted by Crippen LogP contribution is 2.27. The molecule has 6 heteroatoms. The lowest BCUT2D eigenvalue weighted by Gasteiger charge is -2.10. The number of hydrogen-bond donors (Lipinski definition) is 1. The van der Waals surface area contributed by atoms with Crippen LogP contribution in [0.15, 0.2) is 72.1 Å². The van der Waals surface area contributed by atoms with Gasteiger partial charge >= 0.3 is 0 Å². The fourth-order valence-corrected chi connectivity index (χ4v) is 2.65. The highest BCUT2D eigenvalue weighted by Gasteiger charge is 2.11. The largest absolute Gasteiger partial charge is 0.493 e. The second kappa shape index (κ2) is 8.71. The number of aromatic nitrogens is 1. The Morgan fingerprint density at radius 3 is 2.63 bits per heavy atom. The number of nitrogens with one attached hydrogen (secondary N) is 1. The van der Waals surface area contributed by atoms with Crippen LogP contribution in [0.1, 0.15) is 22.8 Å². The fraction of sp³-hybridized carbons (Fsp3) is 0.143. The van der Waals surface area contributed by atoms with Gasteiger partial charge in [-0.15, -0.1) is 0 Å². The number of amides is 1. The molecule has 0 aliphatic heterocycles. The van der Waals surface area contributed by atoms with Crippen LogP contribution in [0, 0.1) is 0 Å². The summed E-state index contributed by atoms with van der Waals surface area (Å²) >= 11 is 0. The van der Waals surface area contributed by atoms with Crippen molar-refractivity contribution in [2.45, 2.75) is 6.92 Å². The number of nitrogens with zero attached hydrogens (tertiary/aromatic N) is 2. The monoisotopic (exact) mass is 363 g/mol. The molecule has 0 spiro atoms. The van der Waals surface area contributed by atoms with Crippen molar-refractivity contribution in [1.82, 2.24) is 9.99 Å². The Morgan fingerprint density at radius 2 is 1.89 bits per heavy atom. The number of carbonyl (C=O) groups is 1. The molecule has 3 rings (SSSR count). The molecule has 0 unspecified atom stereocenters. The van der Waals surface area contributed by atoms with E-state index in [9.17, 15) is 4.79 Å². The maximum absolute atomic E-state index is 12.5. The van der Waals surface area contributed by atoms with E-state index in [4.69, 9.17) is 9.47 Å². The molecule has 6 nitrogen and oxygen atoms in total. The van der Waals surface area contributed by atoms with Crippen LogP contribution in [0.4, 0.5) is 0 Å². The third-order valence-electron chi connectivity index (χ3n) is 3.90. The molecule has 2 aromatic carbocycles. The first-order valence-corrected chi connectivity index (χ1v) is 8.59. The highest BCUT2D eigenvalue weighted by atomic mass is 16.5. The molecule has 0 saturated heterocycles. The average molecular weight is 363 g/mol. The molecule has 0 atom stereocenters. The van der Waals surface area contributed by atoms with Gasteiger partial charge in [-0.25, -0.2) is 5.43 Å². The van der Waals surface area contributed by atoms with Crippen LogP contribution >= 0.6 is 0 Å². The highest BCUT2D eigenvalue weighted by molar-refractivity contribution is 5.98. The molecule has 0 bridgehead atoms. The number of methoxy groups -OCH3 is 1. The number of hydrogen-bond acceptors (Lipinski definition) is 4. The Morgan fingerprint density at radius 1 is 1.11 bits per heavy atom. The van der Waals surface area contributed by atoms with Crippen molar-refractivity contribution >= 4 is 12.1 Å². The summed E-state index contributed by atoms with van der Waals surface area (Å²) in [6.07, 6.45) is 5.35. The third kappa shape index (κ3) is 4.36. The summed E-state index contributed by atoms with van der Waals surface area (Å²) in [6.45, 7) is 2.44. The van der Waals surface area contributed by atoms with E-state index in [-0.39, 0.29) is 5.91 Å². The third-order valence-corrected chi connectivity index (χ3v) is 3.90. The quantitative estimate of drug-likeness (QED) is 0.515. The lowest BCUT2D eigenvalue weighted by molar-refractivity contribution is 0.0955. The molecule has 0 fully saturated rings. The predicted molar refractivity (Wildman–Crippen MR) is 105 cm³/mol. The molecule has 3 aromatic rings. The van der Waals surface area contributed by atoms with Crippen molar-refractivity contribution in [1.29, 1.82) is 0 Å². The van der Waals surface area contributed by atoms with Gasteiger partial charge in [0.25, 0.3) is 5.91 Å². The minimum absolute atomic E-state index is 0.283. The minimum atomic E-state index is -0.283. The summed E-state index contributed by atoms with van der Waals surface area (Å²) in [7, 11) is 1.59. The molecule has 0 aliphatic rings. The second-order valence-corrected chi connectivity index (χ2v) is 5.65. The summed E-state index contributed by atoms with van der Waals surface area (Å²) in [5, 5.41) is 4.07. The van der Waals surface area contributed by atoms with E-state index in [1.165, 1.54) is 0 Å². The van der Waals surface area contributed by atoms with Crippen LogP contribution in [0.5, 0.6) is 11.5 Å². The summed E-state index contributed by atoms with van der Waals surface area (Å²) in [6, 6.07) is 16.6. The molecule has 1 aromatic heterocycles. The summed E-state index contributed by atoms with van der Waals surface area (Å²) < 4.78 is 12.7. The Kier molecular flexibility index (Phi) is 5.89. The maximum atomic E-state index is 12.5. The van der Waals surface area contributed by atoms with Crippen LogP contribution in [0.25, 0.3) is 5.69 Å². The van der Waals surface area contributed by atoms with Gasteiger partial charge in [0, 0.05) is 12.4 Å². The molecular formula is C21H21N3O3. The van der Waals surface area contributed by atoms with Gasteiger partial charge in [0.05, 0.1) is 31.2 Å². The molecule has 0 radical (unpaired) electrons. The van der Waals surface area contributed by atoms with E-state index in [2.05, 4.69) is 10.5 Å². The standard InChI is InChI=1S/C21H21N3O3/c1-3-27-20-14-16(10-11-19(20)26-2)15-22-23-21(25)17-8-4-5-9-18(17)24-12-6-7-13-24/h4-15H,3H2,1-2H3,(H,23,25)/b22-15-. The number of benzene rings is 2. The van der Waals surface area contributed by atoms with Crippen LogP contribution < -0.4 is 14.9 Å². The number of para-hydroxylation sites is 1. The predicted octanol–water partition coefficient (Wildman–Crippen LogP) is 3.65. The van der Waals surface area contributed by atoms with Crippen molar-refractivity contribution in [3.05, 3.63) is 78.1 Å². The summed E-state index contributed by atoms with van der Waals surface area (Å²) in [5.41, 5.74) is 4.69. The van der Waals surface area contributed by atoms with Gasteiger partial charge in [0.1, 0.15) is 0 Å². The zero-order valence-electron chi connectivity index (χ0n) is 15.3. The number of ether oxygens (including phenoxy) is 2. The van der Waals surface area contributed by atoms with Crippen LogP contribution in [0.3, 0.4) is 0 Å². The van der Waals surface area contributed by atoms with Crippen molar-refractivity contribution < 1.29 is 14.3 Å². The van der Waals surface area contributed by atoms with Crippen molar-refractivity contribution in [2.75, 3.05) is 13.7 Å². The number of rotatable bonds is 7. The van der Waals surface area contributed by atoms with E-state index in [0.717, 1.165) is 11.3 Å². The molecular weight excluding hydrogens is 342 g/mol.